The molecule has 2 unspecified atom stereocenters. The summed E-state index contributed by atoms with van der Waals surface area (Å²) in [5.74, 6) is -0.894. The molecular weight excluding hydrogens is 270 g/mol. The van der Waals surface area contributed by atoms with Crippen LogP contribution < -0.4 is 16.0 Å². The Hall–Kier alpha value is -1.40. The van der Waals surface area contributed by atoms with Crippen LogP contribution in [0.4, 0.5) is 0 Å². The van der Waals surface area contributed by atoms with Gasteiger partial charge in [0.15, 0.2) is 0 Å². The first-order chi connectivity index (χ1) is 9.92. The van der Waals surface area contributed by atoms with Gasteiger partial charge in [0, 0.05) is 18.2 Å². The molecule has 0 spiro atoms. The normalized spacial score (nSPS) is 13.7. The molecule has 0 aromatic carbocycles. The monoisotopic (exact) mass is 299 g/mol. The Kier molecular flexibility index (Phi) is 10.5. The Labute approximate surface area is 127 Å². The minimum Gasteiger partial charge on any atom is -0.480 e. The van der Waals surface area contributed by atoms with Gasteiger partial charge in [0.05, 0.1) is 6.04 Å². The van der Waals surface area contributed by atoms with Crippen molar-refractivity contribution in [1.82, 2.24) is 16.0 Å². The second kappa shape index (κ2) is 11.3. The highest BCUT2D eigenvalue weighted by molar-refractivity contribution is 5.73. The molecule has 0 aromatic rings. The molecule has 4 N–H and O–H groups in total. The van der Waals surface area contributed by atoms with Crippen LogP contribution >= 0.6 is 0 Å². The molecule has 2 atom stereocenters. The number of aldehydes is 1. The molecule has 0 amide bonds. The fourth-order valence-electron chi connectivity index (χ4n) is 2.04. The van der Waals surface area contributed by atoms with Crippen molar-refractivity contribution in [2.24, 2.45) is 0 Å². The predicted molar refractivity (Wildman–Crippen MR) is 84.2 cm³/mol. The maximum atomic E-state index is 11.3. The van der Waals surface area contributed by atoms with Crippen molar-refractivity contribution in [3.05, 3.63) is 12.3 Å². The van der Waals surface area contributed by atoms with Gasteiger partial charge < -0.3 is 25.9 Å². The molecule has 0 fully saturated rings. The number of rotatable bonds is 13. The minimum absolute atomic E-state index is 0.187. The molecule has 122 valence electrons. The molecule has 0 bridgehead atoms. The van der Waals surface area contributed by atoms with Crippen LogP contribution in [0.3, 0.4) is 0 Å². The van der Waals surface area contributed by atoms with Crippen LogP contribution in [-0.2, 0) is 9.59 Å². The van der Waals surface area contributed by atoms with Crippen LogP contribution in [0.1, 0.15) is 39.5 Å². The number of hydrogen-bond donors (Lipinski definition) is 4. The van der Waals surface area contributed by atoms with Crippen LogP contribution in [-0.4, -0.2) is 49.1 Å². The molecule has 6 nitrogen and oxygen atoms in total. The molecule has 6 heteroatoms. The molecule has 0 saturated heterocycles. The number of carbonyl (C=O) groups is 2. The molecule has 0 saturated carbocycles. The van der Waals surface area contributed by atoms with E-state index in [-0.39, 0.29) is 18.5 Å². The standard InChI is InChI=1S/C15H29N3O3/c1-11(2)17-13(8-10-19)12(3)18-14(15(20)21)7-5-6-9-16-4/h10-11,13-14,16-18H,3,5-9H2,1-2,4H3,(H,20,21). The quantitative estimate of drug-likeness (QED) is 0.298. The topological polar surface area (TPSA) is 90.5 Å². The zero-order valence-corrected chi connectivity index (χ0v) is 13.3. The number of carboxylic acid groups (broad SMARTS) is 1. The molecule has 0 rings (SSSR count). The average molecular weight is 299 g/mol. The van der Waals surface area contributed by atoms with E-state index in [0.717, 1.165) is 25.7 Å². The van der Waals surface area contributed by atoms with Gasteiger partial charge in [0.1, 0.15) is 12.3 Å². The summed E-state index contributed by atoms with van der Waals surface area (Å²) in [5, 5.41) is 18.4. The SMILES string of the molecule is C=C(NC(CCCCNC)C(=O)O)C(CC=O)NC(C)C. The Morgan fingerprint density at radius 3 is 2.43 bits per heavy atom. The van der Waals surface area contributed by atoms with Crippen molar-refractivity contribution in [1.29, 1.82) is 0 Å². The first-order valence-corrected chi connectivity index (χ1v) is 7.44. The maximum Gasteiger partial charge on any atom is 0.326 e. The lowest BCUT2D eigenvalue weighted by Gasteiger charge is -2.25. The van der Waals surface area contributed by atoms with E-state index in [1.807, 2.05) is 20.9 Å². The van der Waals surface area contributed by atoms with Crippen LogP contribution in [0.2, 0.25) is 0 Å². The fraction of sp³-hybridized carbons (Fsp3) is 0.733. The number of hydrogen-bond acceptors (Lipinski definition) is 5. The average Bonchev–Trinajstić information content (AvgIpc) is 2.40. The summed E-state index contributed by atoms with van der Waals surface area (Å²) in [4.78, 5) is 22.0. The summed E-state index contributed by atoms with van der Waals surface area (Å²) in [6, 6.07) is -0.730. The zero-order valence-electron chi connectivity index (χ0n) is 13.3. The van der Waals surface area contributed by atoms with Gasteiger partial charge in [-0.2, -0.15) is 0 Å². The second-order valence-corrected chi connectivity index (χ2v) is 5.44. The smallest absolute Gasteiger partial charge is 0.326 e. The number of nitrogens with one attached hydrogen (secondary N) is 3. The zero-order chi connectivity index (χ0) is 16.3. The van der Waals surface area contributed by atoms with Crippen molar-refractivity contribution < 1.29 is 14.7 Å². The van der Waals surface area contributed by atoms with Crippen molar-refractivity contribution in [3.63, 3.8) is 0 Å². The Morgan fingerprint density at radius 2 is 1.95 bits per heavy atom. The van der Waals surface area contributed by atoms with Gasteiger partial charge in [-0.05, 0) is 32.9 Å². The molecule has 0 aliphatic carbocycles. The first-order valence-electron chi connectivity index (χ1n) is 7.44. The summed E-state index contributed by atoms with van der Waals surface area (Å²) < 4.78 is 0. The van der Waals surface area contributed by atoms with Gasteiger partial charge >= 0.3 is 5.97 Å². The molecule has 0 heterocycles. The largest absolute Gasteiger partial charge is 0.480 e. The van der Waals surface area contributed by atoms with Gasteiger partial charge in [-0.3, -0.25) is 0 Å². The number of carbonyl (C=O) groups excluding carboxylic acids is 1. The number of carboxylic acids is 1. The lowest BCUT2D eigenvalue weighted by molar-refractivity contribution is -0.139. The first kappa shape index (κ1) is 19.6. The third-order valence-electron chi connectivity index (χ3n) is 3.11. The summed E-state index contributed by atoms with van der Waals surface area (Å²) in [6.07, 6.45) is 3.36. The summed E-state index contributed by atoms with van der Waals surface area (Å²) in [6.45, 7) is 8.70. The molecule has 21 heavy (non-hydrogen) atoms. The highest BCUT2D eigenvalue weighted by atomic mass is 16.4. The lowest BCUT2D eigenvalue weighted by atomic mass is 10.1. The predicted octanol–water partition coefficient (Wildman–Crippen LogP) is 0.888. The van der Waals surface area contributed by atoms with E-state index in [2.05, 4.69) is 22.5 Å². The molecule has 0 aromatic heterocycles. The van der Waals surface area contributed by atoms with E-state index in [1.54, 1.807) is 0 Å². The lowest BCUT2D eigenvalue weighted by Crippen LogP contribution is -2.45. The van der Waals surface area contributed by atoms with E-state index < -0.39 is 12.0 Å². The summed E-state index contributed by atoms with van der Waals surface area (Å²) >= 11 is 0. The maximum absolute atomic E-state index is 11.3. The second-order valence-electron chi connectivity index (χ2n) is 5.44. The van der Waals surface area contributed by atoms with E-state index in [1.165, 1.54) is 0 Å². The highest BCUT2D eigenvalue weighted by Gasteiger charge is 2.21. The van der Waals surface area contributed by atoms with Crippen molar-refractivity contribution in [2.75, 3.05) is 13.6 Å². The van der Waals surface area contributed by atoms with Crippen LogP contribution in [0.15, 0.2) is 12.3 Å². The molecule has 0 aliphatic rings. The number of aliphatic carboxylic acids is 1. The third-order valence-corrected chi connectivity index (χ3v) is 3.11. The van der Waals surface area contributed by atoms with Crippen molar-refractivity contribution >= 4 is 12.3 Å². The summed E-state index contributed by atoms with van der Waals surface area (Å²) in [5.41, 5.74) is 0.553. The van der Waals surface area contributed by atoms with Gasteiger partial charge in [0.2, 0.25) is 0 Å². The van der Waals surface area contributed by atoms with Gasteiger partial charge in [-0.25, -0.2) is 4.79 Å². The van der Waals surface area contributed by atoms with E-state index in [4.69, 9.17) is 0 Å². The van der Waals surface area contributed by atoms with Crippen molar-refractivity contribution in [2.45, 2.75) is 57.7 Å². The Morgan fingerprint density at radius 1 is 1.29 bits per heavy atom. The van der Waals surface area contributed by atoms with E-state index >= 15 is 0 Å². The van der Waals surface area contributed by atoms with Crippen LogP contribution in [0.5, 0.6) is 0 Å². The Balaban J connectivity index is 4.47. The minimum atomic E-state index is -0.894. The van der Waals surface area contributed by atoms with E-state index in [9.17, 15) is 14.7 Å². The summed E-state index contributed by atoms with van der Waals surface area (Å²) in [7, 11) is 1.87. The Bertz CT molecular complexity index is 332. The molecule has 0 aliphatic heterocycles. The van der Waals surface area contributed by atoms with Crippen LogP contribution in [0, 0.1) is 0 Å². The number of unbranched alkanes of at least 4 members (excludes halogenated alkanes) is 1. The van der Waals surface area contributed by atoms with E-state index in [0.29, 0.717) is 12.1 Å². The van der Waals surface area contributed by atoms with Gasteiger partial charge in [-0.15, -0.1) is 0 Å². The van der Waals surface area contributed by atoms with Crippen molar-refractivity contribution in [3.8, 4) is 0 Å². The molecule has 0 radical (unpaired) electrons. The highest BCUT2D eigenvalue weighted by Crippen LogP contribution is 2.07. The van der Waals surface area contributed by atoms with Gasteiger partial charge in [-0.1, -0.05) is 20.4 Å². The fourth-order valence-corrected chi connectivity index (χ4v) is 2.04. The van der Waals surface area contributed by atoms with Gasteiger partial charge in [0.25, 0.3) is 0 Å². The van der Waals surface area contributed by atoms with Crippen LogP contribution in [0.25, 0.3) is 0 Å². The molecular formula is C15H29N3O3. The third kappa shape index (κ3) is 9.20.